The van der Waals surface area contributed by atoms with Gasteiger partial charge in [0.05, 0.1) is 0 Å². The van der Waals surface area contributed by atoms with Crippen LogP contribution in [0.3, 0.4) is 0 Å². The van der Waals surface area contributed by atoms with Crippen molar-refractivity contribution in [3.8, 4) is 0 Å². The van der Waals surface area contributed by atoms with Crippen molar-refractivity contribution in [2.75, 3.05) is 6.54 Å². The van der Waals surface area contributed by atoms with Crippen LogP contribution >= 0.6 is 0 Å². The van der Waals surface area contributed by atoms with Gasteiger partial charge in [0.15, 0.2) is 0 Å². The van der Waals surface area contributed by atoms with Gasteiger partial charge in [0.1, 0.15) is 0 Å². The first kappa shape index (κ1) is 8.17. The van der Waals surface area contributed by atoms with Gasteiger partial charge in [-0.3, -0.25) is 0 Å². The lowest BCUT2D eigenvalue weighted by Gasteiger charge is -2.33. The molecule has 0 aromatic carbocycles. The first-order valence-corrected chi connectivity index (χ1v) is 4.00. The number of guanidine groups is 1. The van der Waals surface area contributed by atoms with Gasteiger partial charge in [0, 0.05) is 12.6 Å². The molecule has 0 aromatic rings. The molecule has 0 aliphatic carbocycles. The van der Waals surface area contributed by atoms with Crippen LogP contribution in [0.2, 0.25) is 0 Å². The summed E-state index contributed by atoms with van der Waals surface area (Å²) in [5.74, 6) is 0.247. The number of oxime groups is 1. The van der Waals surface area contributed by atoms with Crippen LogP contribution in [0.1, 0.15) is 26.2 Å². The smallest absolute Gasteiger partial charge is 0.233 e. The molecular formula is C7H15N3O. The molecular weight excluding hydrogens is 142 g/mol. The van der Waals surface area contributed by atoms with Crippen LogP contribution in [0.25, 0.3) is 0 Å². The fourth-order valence-corrected chi connectivity index (χ4v) is 1.50. The van der Waals surface area contributed by atoms with Crippen LogP contribution in [0.15, 0.2) is 5.16 Å². The molecule has 0 radical (unpaired) electrons. The van der Waals surface area contributed by atoms with E-state index in [-0.39, 0.29) is 5.96 Å². The number of nitrogens with two attached hydrogens (primary N) is 1. The normalized spacial score (nSPS) is 27.2. The van der Waals surface area contributed by atoms with E-state index in [4.69, 9.17) is 10.9 Å². The van der Waals surface area contributed by atoms with Gasteiger partial charge in [-0.15, -0.1) is 0 Å². The van der Waals surface area contributed by atoms with Crippen LogP contribution in [0.5, 0.6) is 0 Å². The van der Waals surface area contributed by atoms with E-state index in [2.05, 4.69) is 12.1 Å². The monoisotopic (exact) mass is 157 g/mol. The number of hydrogen-bond donors (Lipinski definition) is 2. The van der Waals surface area contributed by atoms with E-state index >= 15 is 0 Å². The fraction of sp³-hybridized carbons (Fsp3) is 0.857. The van der Waals surface area contributed by atoms with E-state index in [9.17, 15) is 0 Å². The average Bonchev–Trinajstić information content (AvgIpc) is 2.04. The molecule has 1 saturated heterocycles. The summed E-state index contributed by atoms with van der Waals surface area (Å²) in [6, 6.07) is 0.416. The Labute approximate surface area is 66.7 Å². The minimum absolute atomic E-state index is 0.247. The van der Waals surface area contributed by atoms with Crippen molar-refractivity contribution in [1.29, 1.82) is 0 Å². The van der Waals surface area contributed by atoms with Crippen molar-refractivity contribution < 1.29 is 5.21 Å². The second kappa shape index (κ2) is 3.46. The second-order valence-corrected chi connectivity index (χ2v) is 3.00. The average molecular weight is 157 g/mol. The molecule has 1 aliphatic heterocycles. The topological polar surface area (TPSA) is 61.8 Å². The maximum absolute atomic E-state index is 8.43. The number of piperidine rings is 1. The largest absolute Gasteiger partial charge is 0.408 e. The minimum Gasteiger partial charge on any atom is -0.408 e. The van der Waals surface area contributed by atoms with Crippen LogP contribution in [0.4, 0.5) is 0 Å². The van der Waals surface area contributed by atoms with E-state index in [0.29, 0.717) is 6.04 Å². The molecule has 4 nitrogen and oxygen atoms in total. The Morgan fingerprint density at radius 3 is 2.91 bits per heavy atom. The van der Waals surface area contributed by atoms with Gasteiger partial charge in [-0.1, -0.05) is 5.16 Å². The van der Waals surface area contributed by atoms with Crippen molar-refractivity contribution in [2.45, 2.75) is 32.2 Å². The quantitative estimate of drug-likeness (QED) is 0.234. The lowest BCUT2D eigenvalue weighted by atomic mass is 10.0. The molecule has 1 fully saturated rings. The van der Waals surface area contributed by atoms with Crippen molar-refractivity contribution in [3.63, 3.8) is 0 Å². The minimum atomic E-state index is 0.247. The summed E-state index contributed by atoms with van der Waals surface area (Å²) in [6.07, 6.45) is 3.52. The first-order valence-electron chi connectivity index (χ1n) is 4.00. The van der Waals surface area contributed by atoms with Crippen LogP contribution in [-0.2, 0) is 0 Å². The van der Waals surface area contributed by atoms with Gasteiger partial charge in [-0.05, 0) is 26.2 Å². The van der Waals surface area contributed by atoms with Crippen LogP contribution < -0.4 is 5.73 Å². The number of nitrogens with zero attached hydrogens (tertiary/aromatic N) is 2. The number of rotatable bonds is 0. The summed E-state index contributed by atoms with van der Waals surface area (Å²) in [5.41, 5.74) is 5.46. The molecule has 0 bridgehead atoms. The lowest BCUT2D eigenvalue weighted by Crippen LogP contribution is -2.46. The Bertz CT molecular complexity index is 158. The summed E-state index contributed by atoms with van der Waals surface area (Å²) >= 11 is 0. The van der Waals surface area contributed by atoms with Gasteiger partial charge in [0.2, 0.25) is 5.96 Å². The van der Waals surface area contributed by atoms with Crippen LogP contribution in [0, 0.1) is 0 Å². The molecule has 0 saturated carbocycles. The third-order valence-electron chi connectivity index (χ3n) is 2.20. The van der Waals surface area contributed by atoms with Gasteiger partial charge in [0.25, 0.3) is 0 Å². The standard InChI is InChI=1S/C7H15N3O/c1-6-4-2-3-5-10(6)7(8)9-11/h6,11H,2-5H2,1H3,(H2,8,9). The van der Waals surface area contributed by atoms with E-state index in [1.54, 1.807) is 0 Å². The van der Waals surface area contributed by atoms with Crippen molar-refractivity contribution in [1.82, 2.24) is 4.90 Å². The molecule has 1 aliphatic rings. The van der Waals surface area contributed by atoms with E-state index < -0.39 is 0 Å². The third kappa shape index (κ3) is 1.76. The Kier molecular flexibility index (Phi) is 2.57. The number of likely N-dealkylation sites (tertiary alicyclic amines) is 1. The zero-order chi connectivity index (χ0) is 8.27. The molecule has 0 aromatic heterocycles. The predicted molar refractivity (Wildman–Crippen MR) is 43.4 cm³/mol. The van der Waals surface area contributed by atoms with Crippen molar-refractivity contribution in [2.24, 2.45) is 10.9 Å². The van der Waals surface area contributed by atoms with Crippen LogP contribution in [-0.4, -0.2) is 28.7 Å². The summed E-state index contributed by atoms with van der Waals surface area (Å²) in [5, 5.41) is 11.4. The zero-order valence-electron chi connectivity index (χ0n) is 6.82. The summed E-state index contributed by atoms with van der Waals surface area (Å²) < 4.78 is 0. The Hall–Kier alpha value is -0.930. The lowest BCUT2D eigenvalue weighted by molar-refractivity contribution is 0.235. The molecule has 0 amide bonds. The zero-order valence-corrected chi connectivity index (χ0v) is 6.82. The van der Waals surface area contributed by atoms with E-state index in [1.165, 1.54) is 6.42 Å². The molecule has 11 heavy (non-hydrogen) atoms. The highest BCUT2D eigenvalue weighted by Gasteiger charge is 2.19. The van der Waals surface area contributed by atoms with Crippen molar-refractivity contribution >= 4 is 5.96 Å². The third-order valence-corrected chi connectivity index (χ3v) is 2.20. The maximum Gasteiger partial charge on any atom is 0.233 e. The van der Waals surface area contributed by atoms with E-state index in [1.807, 2.05) is 4.90 Å². The Morgan fingerprint density at radius 1 is 1.64 bits per heavy atom. The van der Waals surface area contributed by atoms with Gasteiger partial charge in [-0.2, -0.15) is 0 Å². The highest BCUT2D eigenvalue weighted by Crippen LogP contribution is 2.15. The second-order valence-electron chi connectivity index (χ2n) is 3.00. The maximum atomic E-state index is 8.43. The Balaban J connectivity index is 2.54. The van der Waals surface area contributed by atoms with Gasteiger partial charge < -0.3 is 15.8 Å². The molecule has 1 heterocycles. The molecule has 1 rings (SSSR count). The molecule has 0 spiro atoms. The fourth-order valence-electron chi connectivity index (χ4n) is 1.50. The Morgan fingerprint density at radius 2 is 2.36 bits per heavy atom. The van der Waals surface area contributed by atoms with Gasteiger partial charge in [-0.25, -0.2) is 0 Å². The SMILES string of the molecule is CC1CCCCN1C(N)=NO. The highest BCUT2D eigenvalue weighted by atomic mass is 16.4. The highest BCUT2D eigenvalue weighted by molar-refractivity contribution is 5.77. The number of hydrogen-bond acceptors (Lipinski definition) is 2. The molecule has 4 heteroatoms. The molecule has 1 atom stereocenters. The summed E-state index contributed by atoms with van der Waals surface area (Å²) in [7, 11) is 0. The molecule has 64 valence electrons. The predicted octanol–water partition coefficient (Wildman–Crippen LogP) is 0.565. The summed E-state index contributed by atoms with van der Waals surface area (Å²) in [4.78, 5) is 1.93. The summed E-state index contributed by atoms with van der Waals surface area (Å²) in [6.45, 7) is 3.01. The first-order chi connectivity index (χ1) is 5.25. The van der Waals surface area contributed by atoms with Gasteiger partial charge >= 0.3 is 0 Å². The van der Waals surface area contributed by atoms with Crippen molar-refractivity contribution in [3.05, 3.63) is 0 Å². The molecule has 3 N–H and O–H groups in total. The van der Waals surface area contributed by atoms with E-state index in [0.717, 1.165) is 19.4 Å². The molecule has 1 unspecified atom stereocenters.